The number of aryl methyl sites for hydroxylation is 1. The van der Waals surface area contributed by atoms with Crippen LogP contribution in [0.25, 0.3) is 11.0 Å². The summed E-state index contributed by atoms with van der Waals surface area (Å²) in [5.41, 5.74) is 1.84. The van der Waals surface area contributed by atoms with Crippen molar-refractivity contribution in [1.82, 2.24) is 0 Å². The Morgan fingerprint density at radius 3 is 2.53 bits per heavy atom. The summed E-state index contributed by atoms with van der Waals surface area (Å²) < 4.78 is 24.9. The van der Waals surface area contributed by atoms with Crippen LogP contribution in [-0.2, 0) is 0 Å². The zero-order valence-electron chi connectivity index (χ0n) is 17.4. The number of carbonyl (C=O) groups excluding carboxylic acids is 2. The number of ketones is 2. The third-order valence-corrected chi connectivity index (χ3v) is 5.43. The summed E-state index contributed by atoms with van der Waals surface area (Å²) >= 11 is 6.12. The first-order chi connectivity index (χ1) is 15.4. The summed E-state index contributed by atoms with van der Waals surface area (Å²) in [5, 5.41) is 3.99. The van der Waals surface area contributed by atoms with Crippen molar-refractivity contribution in [1.29, 1.82) is 0 Å². The summed E-state index contributed by atoms with van der Waals surface area (Å²) in [6.07, 6.45) is 0. The monoisotopic (exact) mass is 451 g/mol. The molecule has 0 radical (unpaired) electrons. The highest BCUT2D eigenvalue weighted by Crippen LogP contribution is 2.33. The molecule has 0 aliphatic carbocycles. The van der Waals surface area contributed by atoms with Gasteiger partial charge >= 0.3 is 0 Å². The molecule has 0 amide bonds. The number of para-hydroxylation sites is 1. The molecule has 1 heterocycles. The highest BCUT2D eigenvalue weighted by molar-refractivity contribution is 6.32. The molecule has 0 aliphatic heterocycles. The fourth-order valence-electron chi connectivity index (χ4n) is 3.36. The Kier molecular flexibility index (Phi) is 5.97. The number of benzene rings is 3. The fraction of sp³-hybridized carbons (Fsp3) is 0.120. The zero-order chi connectivity index (χ0) is 22.8. The van der Waals surface area contributed by atoms with E-state index in [-0.39, 0.29) is 23.7 Å². The van der Waals surface area contributed by atoms with Gasteiger partial charge in [-0.1, -0.05) is 35.9 Å². The maximum absolute atomic E-state index is 14.0. The van der Waals surface area contributed by atoms with E-state index in [1.165, 1.54) is 25.3 Å². The van der Waals surface area contributed by atoms with Gasteiger partial charge in [-0.05, 0) is 48.9 Å². The molecule has 162 valence electrons. The van der Waals surface area contributed by atoms with Crippen LogP contribution >= 0.6 is 11.6 Å². The maximum Gasteiger partial charge on any atom is 0.230 e. The number of carbonyl (C=O) groups is 2. The molecular formula is C25H19ClFNO4. The number of nitrogens with one attached hydrogen (secondary N) is 1. The molecule has 0 saturated heterocycles. The summed E-state index contributed by atoms with van der Waals surface area (Å²) in [6.45, 7) is 1.52. The molecule has 3 aromatic carbocycles. The molecule has 0 bridgehead atoms. The number of fused-ring (bicyclic) bond motifs is 1. The Morgan fingerprint density at radius 2 is 1.81 bits per heavy atom. The van der Waals surface area contributed by atoms with E-state index >= 15 is 0 Å². The number of rotatable bonds is 7. The number of hydrogen-bond donors (Lipinski definition) is 1. The van der Waals surface area contributed by atoms with E-state index in [9.17, 15) is 14.0 Å². The minimum atomic E-state index is -0.484. The second-order valence-electron chi connectivity index (χ2n) is 7.22. The normalized spacial score (nSPS) is 10.9. The lowest BCUT2D eigenvalue weighted by molar-refractivity contribution is 0.0997. The first kappa shape index (κ1) is 21.6. The first-order valence-electron chi connectivity index (χ1n) is 9.82. The summed E-state index contributed by atoms with van der Waals surface area (Å²) in [6, 6.07) is 16.1. The Balaban J connectivity index is 1.66. The number of anilines is 1. The molecular weight excluding hydrogens is 433 g/mol. The first-order valence-corrected chi connectivity index (χ1v) is 10.2. The van der Waals surface area contributed by atoms with Crippen LogP contribution in [0, 0.1) is 12.7 Å². The van der Waals surface area contributed by atoms with Gasteiger partial charge in [0, 0.05) is 16.5 Å². The number of hydrogen-bond acceptors (Lipinski definition) is 5. The van der Waals surface area contributed by atoms with Gasteiger partial charge in [0.1, 0.15) is 17.1 Å². The lowest BCUT2D eigenvalue weighted by atomic mass is 10.0. The number of halogens is 2. The van der Waals surface area contributed by atoms with Crippen LogP contribution in [0.3, 0.4) is 0 Å². The van der Waals surface area contributed by atoms with Crippen molar-refractivity contribution >= 4 is 39.8 Å². The van der Waals surface area contributed by atoms with Crippen molar-refractivity contribution in [3.8, 4) is 5.75 Å². The summed E-state index contributed by atoms with van der Waals surface area (Å²) in [4.78, 5) is 25.8. The molecule has 1 N–H and O–H groups in total. The van der Waals surface area contributed by atoms with Crippen LogP contribution in [0.1, 0.15) is 32.0 Å². The molecule has 1 aromatic heterocycles. The van der Waals surface area contributed by atoms with Gasteiger partial charge < -0.3 is 14.5 Å². The maximum atomic E-state index is 14.0. The van der Waals surface area contributed by atoms with Crippen molar-refractivity contribution in [3.63, 3.8) is 0 Å². The summed E-state index contributed by atoms with van der Waals surface area (Å²) in [5.74, 6) is -0.722. The topological polar surface area (TPSA) is 68.5 Å². The lowest BCUT2D eigenvalue weighted by Crippen LogP contribution is -2.15. The number of Topliss-reactive ketones (excluding diaryl/α,β-unsaturated/α-hetero) is 1. The molecule has 4 rings (SSSR count). The summed E-state index contributed by atoms with van der Waals surface area (Å²) in [7, 11) is 1.49. The largest absolute Gasteiger partial charge is 0.495 e. The third kappa shape index (κ3) is 4.09. The van der Waals surface area contributed by atoms with Crippen LogP contribution in [0.5, 0.6) is 5.75 Å². The molecule has 0 aliphatic rings. The predicted octanol–water partition coefficient (Wildman–Crippen LogP) is 6.07. The smallest absolute Gasteiger partial charge is 0.230 e. The van der Waals surface area contributed by atoms with Crippen LogP contribution in [0.4, 0.5) is 10.1 Å². The van der Waals surface area contributed by atoms with Gasteiger partial charge in [0.05, 0.1) is 24.4 Å². The van der Waals surface area contributed by atoms with E-state index in [0.717, 1.165) is 0 Å². The highest BCUT2D eigenvalue weighted by Gasteiger charge is 2.23. The van der Waals surface area contributed by atoms with Gasteiger partial charge in [0.25, 0.3) is 0 Å². The Bertz CT molecular complexity index is 1350. The van der Waals surface area contributed by atoms with Crippen molar-refractivity contribution in [3.05, 3.63) is 94.0 Å². The van der Waals surface area contributed by atoms with E-state index in [4.69, 9.17) is 20.8 Å². The van der Waals surface area contributed by atoms with E-state index in [1.54, 1.807) is 49.4 Å². The van der Waals surface area contributed by atoms with Crippen LogP contribution in [0.15, 0.2) is 65.1 Å². The number of furan rings is 1. The molecule has 0 fully saturated rings. The lowest BCUT2D eigenvalue weighted by Gasteiger charge is -2.09. The van der Waals surface area contributed by atoms with Gasteiger partial charge in [-0.15, -0.1) is 0 Å². The zero-order valence-corrected chi connectivity index (χ0v) is 18.1. The minimum Gasteiger partial charge on any atom is -0.495 e. The van der Waals surface area contributed by atoms with Gasteiger partial charge in [-0.2, -0.15) is 0 Å². The van der Waals surface area contributed by atoms with E-state index in [0.29, 0.717) is 38.6 Å². The standard InChI is InChI=1S/C25H19ClFNO4/c1-14-7-8-16(12-19(14)27)24(30)25-23(17-5-3-4-6-21(17)32-25)28-13-20(29)15-9-10-22(31-2)18(26)11-15/h3-12,28H,13H2,1-2H3. The number of ether oxygens (including phenoxy) is 1. The Hall–Kier alpha value is -3.64. The van der Waals surface area contributed by atoms with Crippen molar-refractivity contribution < 1.29 is 23.1 Å². The number of methoxy groups -OCH3 is 1. The van der Waals surface area contributed by atoms with E-state index in [1.807, 2.05) is 0 Å². The second-order valence-corrected chi connectivity index (χ2v) is 7.63. The molecule has 32 heavy (non-hydrogen) atoms. The second kappa shape index (κ2) is 8.85. The average Bonchev–Trinajstić information content (AvgIpc) is 3.17. The van der Waals surface area contributed by atoms with Gasteiger partial charge in [0.2, 0.25) is 5.78 Å². The van der Waals surface area contributed by atoms with Crippen molar-refractivity contribution in [2.24, 2.45) is 0 Å². The van der Waals surface area contributed by atoms with E-state index in [2.05, 4.69) is 5.32 Å². The molecule has 0 atom stereocenters. The molecule has 7 heteroatoms. The molecule has 0 saturated carbocycles. The van der Waals surface area contributed by atoms with E-state index < -0.39 is 11.6 Å². The van der Waals surface area contributed by atoms with Crippen LogP contribution in [-0.4, -0.2) is 25.2 Å². The predicted molar refractivity (Wildman–Crippen MR) is 122 cm³/mol. The highest BCUT2D eigenvalue weighted by atomic mass is 35.5. The van der Waals surface area contributed by atoms with Gasteiger partial charge in [0.15, 0.2) is 11.5 Å². The molecule has 4 aromatic rings. The van der Waals surface area contributed by atoms with Crippen molar-refractivity contribution in [2.45, 2.75) is 6.92 Å². The third-order valence-electron chi connectivity index (χ3n) is 5.14. The van der Waals surface area contributed by atoms with Gasteiger partial charge in [-0.25, -0.2) is 4.39 Å². The molecule has 0 spiro atoms. The fourth-order valence-corrected chi connectivity index (χ4v) is 3.61. The Morgan fingerprint density at radius 1 is 1.06 bits per heavy atom. The van der Waals surface area contributed by atoms with Crippen LogP contribution < -0.4 is 10.1 Å². The SMILES string of the molecule is COc1ccc(C(=O)CNc2c(C(=O)c3ccc(C)c(F)c3)oc3ccccc23)cc1Cl. The van der Waals surface area contributed by atoms with Crippen molar-refractivity contribution in [2.75, 3.05) is 19.0 Å². The van der Waals surface area contributed by atoms with Crippen LogP contribution in [0.2, 0.25) is 5.02 Å². The molecule has 5 nitrogen and oxygen atoms in total. The quantitative estimate of drug-likeness (QED) is 0.345. The average molecular weight is 452 g/mol. The van der Waals surface area contributed by atoms with Gasteiger partial charge in [-0.3, -0.25) is 9.59 Å². The molecule has 0 unspecified atom stereocenters. The minimum absolute atomic E-state index is 0.00927. The Labute approximate surface area is 188 Å².